The van der Waals surface area contributed by atoms with E-state index in [2.05, 4.69) is 107 Å². The Morgan fingerprint density at radius 2 is 1.00 bits per heavy atom. The Kier molecular flexibility index (Phi) is 8.25. The fraction of sp³-hybridized carbons (Fsp3) is 0.250. The molecule has 0 saturated carbocycles. The summed E-state index contributed by atoms with van der Waals surface area (Å²) in [4.78, 5) is 0. The van der Waals surface area contributed by atoms with E-state index in [-0.39, 0.29) is 0 Å². The third kappa shape index (κ3) is 5.38. The molecule has 4 rings (SSSR count). The molecule has 0 atom stereocenters. The molecular formula is C24H26SiZr. The van der Waals surface area contributed by atoms with Gasteiger partial charge >= 0.3 is 30.2 Å². The second-order valence-electron chi connectivity index (χ2n) is 7.14. The van der Waals surface area contributed by atoms with Gasteiger partial charge in [-0.2, -0.15) is 12.1 Å². The van der Waals surface area contributed by atoms with E-state index in [0.717, 1.165) is 0 Å². The van der Waals surface area contributed by atoms with Crippen LogP contribution in [0.1, 0.15) is 50.7 Å². The Balaban J connectivity index is 0.000000171. The van der Waals surface area contributed by atoms with Crippen molar-refractivity contribution in [2.45, 2.75) is 39.5 Å². The van der Waals surface area contributed by atoms with Crippen molar-refractivity contribution >= 4 is 28.4 Å². The number of fused-ring (bicyclic) bond motifs is 2. The Morgan fingerprint density at radius 1 is 0.654 bits per heavy atom. The predicted molar refractivity (Wildman–Crippen MR) is 113 cm³/mol. The average molecular weight is 434 g/mol. The van der Waals surface area contributed by atoms with E-state index in [1.165, 1.54) is 56.0 Å². The Labute approximate surface area is 174 Å². The van der Waals surface area contributed by atoms with Gasteiger partial charge in [-0.05, 0) is 11.8 Å². The molecule has 4 aromatic rings. The molecule has 0 aliphatic carbocycles. The first-order chi connectivity index (χ1) is 12.5. The van der Waals surface area contributed by atoms with Crippen LogP contribution in [-0.4, -0.2) is 6.88 Å². The first-order valence-corrected chi connectivity index (χ1v) is 13.3. The summed E-state index contributed by atoms with van der Waals surface area (Å²) in [7, 11) is 0. The topological polar surface area (TPSA) is 0 Å². The van der Waals surface area contributed by atoms with Crippen LogP contribution in [0.3, 0.4) is 0 Å². The third-order valence-electron chi connectivity index (χ3n) is 4.61. The molecule has 0 saturated heterocycles. The molecule has 0 nitrogen and oxygen atoms in total. The van der Waals surface area contributed by atoms with Crippen LogP contribution >= 0.6 is 0 Å². The summed E-state index contributed by atoms with van der Waals surface area (Å²) in [6, 6.07) is 26.1. The standard InChI is InChI=1S/2C12H13.Si.Zr/c2*1-9(2)12-7-10-5-3-4-6-11(10)8-12;;/h2*3-9H,1-2H3;;/q2*-1;;+2. The molecule has 0 fully saturated rings. The molecule has 26 heavy (non-hydrogen) atoms. The molecule has 0 aliphatic heterocycles. The third-order valence-corrected chi connectivity index (χ3v) is 4.61. The molecule has 4 aromatic carbocycles. The van der Waals surface area contributed by atoms with E-state index in [1.54, 1.807) is 0 Å². The summed E-state index contributed by atoms with van der Waals surface area (Å²) in [5.74, 6) is 1.27. The van der Waals surface area contributed by atoms with Gasteiger partial charge in [0, 0.05) is 0 Å². The molecule has 0 heterocycles. The second-order valence-corrected chi connectivity index (χ2v) is 7.14. The summed E-state index contributed by atoms with van der Waals surface area (Å²) >= 11 is 1.36. The van der Waals surface area contributed by atoms with Crippen molar-refractivity contribution in [1.82, 2.24) is 0 Å². The Morgan fingerprint density at radius 3 is 1.31 bits per heavy atom. The van der Waals surface area contributed by atoms with Gasteiger partial charge in [0.15, 0.2) is 0 Å². The summed E-state index contributed by atoms with van der Waals surface area (Å²) in [5, 5.41) is 5.45. The van der Waals surface area contributed by atoms with Crippen molar-refractivity contribution < 1.29 is 23.3 Å². The quantitative estimate of drug-likeness (QED) is 0.236. The van der Waals surface area contributed by atoms with Gasteiger partial charge in [-0.3, -0.25) is 0 Å². The average Bonchev–Trinajstić information content (AvgIpc) is 3.28. The van der Waals surface area contributed by atoms with E-state index in [4.69, 9.17) is 0 Å². The molecular weight excluding hydrogens is 408 g/mol. The van der Waals surface area contributed by atoms with Gasteiger partial charge < -0.3 is 0 Å². The van der Waals surface area contributed by atoms with Crippen LogP contribution in [0.2, 0.25) is 0 Å². The van der Waals surface area contributed by atoms with Gasteiger partial charge in [0.25, 0.3) is 0 Å². The van der Waals surface area contributed by atoms with Crippen LogP contribution in [-0.2, 0) is 23.3 Å². The molecule has 0 spiro atoms. The normalized spacial score (nSPS) is 10.6. The van der Waals surface area contributed by atoms with Gasteiger partial charge in [-0.25, -0.2) is 0 Å². The second kappa shape index (κ2) is 10.2. The summed E-state index contributed by atoms with van der Waals surface area (Å²) in [5.41, 5.74) is 2.88. The first kappa shape index (κ1) is 21.1. The molecule has 0 unspecified atom stereocenters. The maximum absolute atomic E-state index is 3.06. The molecule has 0 N–H and O–H groups in total. The zero-order chi connectivity index (χ0) is 19.1. The van der Waals surface area contributed by atoms with Crippen LogP contribution in [0.25, 0.3) is 21.5 Å². The fourth-order valence-electron chi connectivity index (χ4n) is 3.02. The van der Waals surface area contributed by atoms with Crippen molar-refractivity contribution in [2.24, 2.45) is 0 Å². The van der Waals surface area contributed by atoms with E-state index in [0.29, 0.717) is 11.8 Å². The van der Waals surface area contributed by atoms with Crippen LogP contribution < -0.4 is 0 Å². The van der Waals surface area contributed by atoms with E-state index in [9.17, 15) is 0 Å². The molecule has 0 aliphatic rings. The van der Waals surface area contributed by atoms with E-state index in [1.807, 2.05) is 0 Å². The van der Waals surface area contributed by atoms with Crippen molar-refractivity contribution in [1.29, 1.82) is 0 Å². The van der Waals surface area contributed by atoms with Crippen molar-refractivity contribution in [3.63, 3.8) is 0 Å². The predicted octanol–water partition coefficient (Wildman–Crippen LogP) is 6.98. The summed E-state index contributed by atoms with van der Waals surface area (Å²) in [6.45, 7) is 12.0. The van der Waals surface area contributed by atoms with E-state index >= 15 is 0 Å². The zero-order valence-corrected chi connectivity index (χ0v) is 19.5. The molecule has 0 aromatic heterocycles. The van der Waals surface area contributed by atoms with Gasteiger partial charge in [0.05, 0.1) is 0 Å². The summed E-state index contributed by atoms with van der Waals surface area (Å²) < 4.78 is 0. The fourth-order valence-corrected chi connectivity index (χ4v) is 3.02. The van der Waals surface area contributed by atoms with Gasteiger partial charge in [-0.15, -0.1) is 81.2 Å². The Bertz CT molecular complexity index is 799. The first-order valence-electron chi connectivity index (χ1n) is 9.10. The van der Waals surface area contributed by atoms with Crippen molar-refractivity contribution in [3.05, 3.63) is 83.9 Å². The van der Waals surface area contributed by atoms with Gasteiger partial charge in [0.1, 0.15) is 0 Å². The Hall–Kier alpha value is -1.24. The van der Waals surface area contributed by atoms with Gasteiger partial charge in [-0.1, -0.05) is 39.8 Å². The monoisotopic (exact) mass is 432 g/mol. The van der Waals surface area contributed by atoms with Crippen LogP contribution in [0.5, 0.6) is 0 Å². The SMILES string of the molecule is CC(C)c1cc2ccccc2[cH-]1.CC(C)c1cc2ccccc2[cH-]1.[Si]=[Zr+2]. The number of benzene rings is 2. The minimum atomic E-state index is 0.636. The van der Waals surface area contributed by atoms with Crippen molar-refractivity contribution in [2.75, 3.05) is 0 Å². The zero-order valence-electron chi connectivity index (χ0n) is 16.1. The molecule has 0 amide bonds. The van der Waals surface area contributed by atoms with Crippen LogP contribution in [0, 0.1) is 0 Å². The number of rotatable bonds is 2. The molecule has 130 valence electrons. The summed E-state index contributed by atoms with van der Waals surface area (Å²) in [6.07, 6.45) is 0. The van der Waals surface area contributed by atoms with E-state index < -0.39 is 0 Å². The number of hydrogen-bond acceptors (Lipinski definition) is 0. The minimum absolute atomic E-state index is 0.636. The van der Waals surface area contributed by atoms with Gasteiger partial charge in [0.2, 0.25) is 0 Å². The van der Waals surface area contributed by atoms with Crippen molar-refractivity contribution in [3.8, 4) is 0 Å². The van der Waals surface area contributed by atoms with Crippen LogP contribution in [0.4, 0.5) is 0 Å². The van der Waals surface area contributed by atoms with Crippen LogP contribution in [0.15, 0.2) is 72.8 Å². The number of hydrogen-bond donors (Lipinski definition) is 0. The molecule has 2 radical (unpaired) electrons. The molecule has 0 bridgehead atoms. The maximum atomic E-state index is 3.06. The molecule has 2 heteroatoms.